The van der Waals surface area contributed by atoms with Gasteiger partial charge >= 0.3 is 0 Å². The SMILES string of the molecule is CCOCCN(CCOCC)Cc1ccc(C(=O)Nc2ccc(Br)cc2C(=O)NN=Cc2cccc(F)c2)cc1. The summed E-state index contributed by atoms with van der Waals surface area (Å²) in [6, 6.07) is 18.1. The largest absolute Gasteiger partial charge is 0.380 e. The standard InChI is InChI=1S/C30H34BrFN4O4/c1-3-39-16-14-36(15-17-40-4-2)21-22-8-10-24(11-9-22)29(37)34-28-13-12-25(31)19-27(28)30(38)35-33-20-23-6-5-7-26(32)18-23/h5-13,18-20H,3-4,14-17,21H2,1-2H3,(H,34,37)(H,35,38). The monoisotopic (exact) mass is 612 g/mol. The molecule has 40 heavy (non-hydrogen) atoms. The number of halogens is 2. The fourth-order valence-electron chi connectivity index (χ4n) is 3.79. The molecule has 0 aliphatic heterocycles. The molecule has 0 radical (unpaired) electrons. The van der Waals surface area contributed by atoms with Crippen LogP contribution in [-0.4, -0.2) is 62.4 Å². The maximum atomic E-state index is 13.4. The van der Waals surface area contributed by atoms with Crippen LogP contribution in [-0.2, 0) is 16.0 Å². The zero-order chi connectivity index (χ0) is 28.7. The van der Waals surface area contributed by atoms with Crippen LogP contribution in [0.3, 0.4) is 0 Å². The Kier molecular flexibility index (Phi) is 12.9. The van der Waals surface area contributed by atoms with E-state index in [0.29, 0.717) is 54.3 Å². The molecule has 0 bridgehead atoms. The molecule has 3 rings (SSSR count). The summed E-state index contributed by atoms with van der Waals surface area (Å²) in [5.41, 5.74) is 4.98. The normalized spacial score (nSPS) is 11.2. The summed E-state index contributed by atoms with van der Waals surface area (Å²) in [7, 11) is 0. The van der Waals surface area contributed by atoms with Crippen LogP contribution in [0, 0.1) is 5.82 Å². The third-order valence-electron chi connectivity index (χ3n) is 5.84. The second-order valence-corrected chi connectivity index (χ2v) is 9.68. The van der Waals surface area contributed by atoms with Crippen LogP contribution >= 0.6 is 15.9 Å². The quantitative estimate of drug-likeness (QED) is 0.135. The maximum Gasteiger partial charge on any atom is 0.273 e. The number of carbonyl (C=O) groups is 2. The van der Waals surface area contributed by atoms with Crippen LogP contribution in [0.15, 0.2) is 76.3 Å². The average molecular weight is 614 g/mol. The predicted molar refractivity (Wildman–Crippen MR) is 158 cm³/mol. The van der Waals surface area contributed by atoms with Crippen LogP contribution in [0.4, 0.5) is 10.1 Å². The lowest BCUT2D eigenvalue weighted by atomic mass is 10.1. The predicted octanol–water partition coefficient (Wildman–Crippen LogP) is 5.48. The fraction of sp³-hybridized carbons (Fsp3) is 0.300. The van der Waals surface area contributed by atoms with Gasteiger partial charge in [-0.05, 0) is 67.4 Å². The van der Waals surface area contributed by atoms with E-state index >= 15 is 0 Å². The maximum absolute atomic E-state index is 13.4. The Labute approximate surface area is 242 Å². The van der Waals surface area contributed by atoms with E-state index in [-0.39, 0.29) is 11.5 Å². The van der Waals surface area contributed by atoms with Crippen molar-refractivity contribution in [2.45, 2.75) is 20.4 Å². The topological polar surface area (TPSA) is 92.3 Å². The van der Waals surface area contributed by atoms with Gasteiger partial charge in [0.1, 0.15) is 5.82 Å². The third kappa shape index (κ3) is 10.3. The van der Waals surface area contributed by atoms with Crippen LogP contribution in [0.5, 0.6) is 0 Å². The van der Waals surface area contributed by atoms with Crippen molar-refractivity contribution < 1.29 is 23.5 Å². The number of nitrogens with one attached hydrogen (secondary N) is 2. The zero-order valence-electron chi connectivity index (χ0n) is 22.7. The van der Waals surface area contributed by atoms with Crippen LogP contribution in [0.25, 0.3) is 0 Å². The molecule has 0 unspecified atom stereocenters. The van der Waals surface area contributed by atoms with Gasteiger partial charge in [0, 0.05) is 42.9 Å². The van der Waals surface area contributed by atoms with E-state index in [9.17, 15) is 14.0 Å². The van der Waals surface area contributed by atoms with Gasteiger partial charge in [-0.1, -0.05) is 40.2 Å². The zero-order valence-corrected chi connectivity index (χ0v) is 24.2. The highest BCUT2D eigenvalue weighted by Crippen LogP contribution is 2.22. The van der Waals surface area contributed by atoms with Crippen LogP contribution in [0.2, 0.25) is 0 Å². The second-order valence-electron chi connectivity index (χ2n) is 8.77. The third-order valence-corrected chi connectivity index (χ3v) is 6.33. The molecule has 0 saturated heterocycles. The minimum atomic E-state index is -0.529. The van der Waals surface area contributed by atoms with Crippen LogP contribution < -0.4 is 10.7 Å². The molecule has 0 aromatic heterocycles. The first-order chi connectivity index (χ1) is 19.4. The van der Waals surface area contributed by atoms with Gasteiger partial charge in [0.15, 0.2) is 0 Å². The van der Waals surface area contributed by atoms with E-state index in [4.69, 9.17) is 9.47 Å². The van der Waals surface area contributed by atoms with Crippen molar-refractivity contribution in [1.29, 1.82) is 0 Å². The van der Waals surface area contributed by atoms with E-state index in [1.54, 1.807) is 42.5 Å². The molecule has 2 amide bonds. The van der Waals surface area contributed by atoms with E-state index in [1.807, 2.05) is 26.0 Å². The highest BCUT2D eigenvalue weighted by atomic mass is 79.9. The van der Waals surface area contributed by atoms with Gasteiger partial charge in [-0.15, -0.1) is 0 Å². The fourth-order valence-corrected chi connectivity index (χ4v) is 4.15. The Morgan fingerprint density at radius 3 is 2.30 bits per heavy atom. The van der Waals surface area contributed by atoms with E-state index < -0.39 is 11.7 Å². The molecule has 10 heteroatoms. The highest BCUT2D eigenvalue weighted by molar-refractivity contribution is 9.10. The van der Waals surface area contributed by atoms with Crippen molar-refractivity contribution in [1.82, 2.24) is 10.3 Å². The van der Waals surface area contributed by atoms with Crippen molar-refractivity contribution in [2.75, 3.05) is 44.8 Å². The highest BCUT2D eigenvalue weighted by Gasteiger charge is 2.15. The summed E-state index contributed by atoms with van der Waals surface area (Å²) in [5, 5.41) is 6.72. The molecule has 3 aromatic rings. The average Bonchev–Trinajstić information content (AvgIpc) is 2.94. The van der Waals surface area contributed by atoms with Crippen molar-refractivity contribution in [3.8, 4) is 0 Å². The summed E-state index contributed by atoms with van der Waals surface area (Å²) in [6.45, 7) is 8.84. The number of carbonyl (C=O) groups excluding carboxylic acids is 2. The lowest BCUT2D eigenvalue weighted by Gasteiger charge is -2.22. The van der Waals surface area contributed by atoms with E-state index in [2.05, 4.69) is 36.7 Å². The smallest absolute Gasteiger partial charge is 0.273 e. The molecular weight excluding hydrogens is 579 g/mol. The van der Waals surface area contributed by atoms with Crippen molar-refractivity contribution in [3.63, 3.8) is 0 Å². The number of benzene rings is 3. The molecule has 0 atom stereocenters. The van der Waals surface area contributed by atoms with Gasteiger partial charge < -0.3 is 14.8 Å². The molecule has 8 nitrogen and oxygen atoms in total. The molecule has 0 aliphatic rings. The number of hydrazone groups is 1. The minimum Gasteiger partial charge on any atom is -0.380 e. The van der Waals surface area contributed by atoms with Crippen molar-refractivity contribution >= 4 is 39.6 Å². The first-order valence-electron chi connectivity index (χ1n) is 13.1. The van der Waals surface area contributed by atoms with E-state index in [1.165, 1.54) is 18.3 Å². The van der Waals surface area contributed by atoms with Gasteiger partial charge in [-0.25, -0.2) is 9.82 Å². The number of anilines is 1. The number of rotatable bonds is 15. The molecule has 3 aromatic carbocycles. The molecule has 212 valence electrons. The van der Waals surface area contributed by atoms with Gasteiger partial charge in [0.05, 0.1) is 30.7 Å². The second kappa shape index (κ2) is 16.6. The van der Waals surface area contributed by atoms with Gasteiger partial charge in [-0.3, -0.25) is 14.5 Å². The summed E-state index contributed by atoms with van der Waals surface area (Å²) >= 11 is 3.36. The van der Waals surface area contributed by atoms with Gasteiger partial charge in [0.2, 0.25) is 0 Å². The number of ether oxygens (including phenoxy) is 2. The molecule has 2 N–H and O–H groups in total. The number of nitrogens with zero attached hydrogens (tertiary/aromatic N) is 2. The van der Waals surface area contributed by atoms with Gasteiger partial charge in [-0.2, -0.15) is 5.10 Å². The Morgan fingerprint density at radius 2 is 1.65 bits per heavy atom. The first kappa shape index (κ1) is 31.1. The molecule has 0 spiro atoms. The van der Waals surface area contributed by atoms with Crippen molar-refractivity contribution in [3.05, 3.63) is 99.3 Å². The molecule has 0 saturated carbocycles. The molecule has 0 aliphatic carbocycles. The summed E-state index contributed by atoms with van der Waals surface area (Å²) in [6.07, 6.45) is 1.34. The molecular formula is C30H34BrFN4O4. The van der Waals surface area contributed by atoms with Crippen LogP contribution in [0.1, 0.15) is 45.7 Å². The summed E-state index contributed by atoms with van der Waals surface area (Å²) in [4.78, 5) is 28.1. The first-order valence-corrected chi connectivity index (χ1v) is 13.9. The Morgan fingerprint density at radius 1 is 0.950 bits per heavy atom. The molecule has 0 heterocycles. The Bertz CT molecular complexity index is 1280. The summed E-state index contributed by atoms with van der Waals surface area (Å²) in [5.74, 6) is -1.28. The number of hydrogen-bond donors (Lipinski definition) is 2. The Balaban J connectivity index is 1.64. The van der Waals surface area contributed by atoms with E-state index in [0.717, 1.165) is 18.7 Å². The minimum absolute atomic E-state index is 0.218. The number of hydrogen-bond acceptors (Lipinski definition) is 6. The summed E-state index contributed by atoms with van der Waals surface area (Å²) < 4.78 is 25.0. The lowest BCUT2D eigenvalue weighted by molar-refractivity contribution is 0.0798. The lowest BCUT2D eigenvalue weighted by Crippen LogP contribution is -2.30. The molecule has 0 fully saturated rings. The van der Waals surface area contributed by atoms with Crippen molar-refractivity contribution in [2.24, 2.45) is 5.10 Å². The number of amides is 2. The van der Waals surface area contributed by atoms with Gasteiger partial charge in [0.25, 0.3) is 11.8 Å². The Hall–Kier alpha value is -3.44.